The summed E-state index contributed by atoms with van der Waals surface area (Å²) >= 11 is 3.40. The topological polar surface area (TPSA) is 59.3 Å². The van der Waals surface area contributed by atoms with E-state index in [9.17, 15) is 4.79 Å². The molecule has 0 spiro atoms. The van der Waals surface area contributed by atoms with Gasteiger partial charge in [0, 0.05) is 16.6 Å². The van der Waals surface area contributed by atoms with Gasteiger partial charge in [0.15, 0.2) is 0 Å². The van der Waals surface area contributed by atoms with Gasteiger partial charge in [-0.25, -0.2) is 10.4 Å². The van der Waals surface area contributed by atoms with Crippen molar-refractivity contribution in [3.63, 3.8) is 0 Å². The molecule has 0 saturated carbocycles. The number of fused-ring (bicyclic) bond motifs is 1. The van der Waals surface area contributed by atoms with E-state index in [1.54, 1.807) is 18.3 Å². The van der Waals surface area contributed by atoms with Crippen molar-refractivity contribution in [2.75, 3.05) is 0 Å². The highest BCUT2D eigenvalue weighted by atomic mass is 79.9. The zero-order valence-electron chi connectivity index (χ0n) is 13.5. The fourth-order valence-corrected chi connectivity index (χ4v) is 3.02. The Hall–Kier alpha value is -2.47. The van der Waals surface area contributed by atoms with Gasteiger partial charge >= 0.3 is 0 Å². The monoisotopic (exact) mass is 384 g/mol. The van der Waals surface area contributed by atoms with Crippen molar-refractivity contribution in [1.82, 2.24) is 15.0 Å². The fourth-order valence-electron chi connectivity index (χ4n) is 2.61. The SMILES string of the molecule is CCn1c(C)nc2cc(C(=O)N/N=C\c3cccc(Br)c3)ccc21. The Morgan fingerprint density at radius 2 is 2.17 bits per heavy atom. The summed E-state index contributed by atoms with van der Waals surface area (Å²) in [6.45, 7) is 4.89. The van der Waals surface area contributed by atoms with Gasteiger partial charge in [0.1, 0.15) is 5.82 Å². The predicted molar refractivity (Wildman–Crippen MR) is 99.3 cm³/mol. The lowest BCUT2D eigenvalue weighted by molar-refractivity contribution is 0.0955. The first kappa shape index (κ1) is 16.4. The lowest BCUT2D eigenvalue weighted by atomic mass is 10.2. The number of nitrogens with one attached hydrogen (secondary N) is 1. The number of aromatic nitrogens is 2. The molecule has 0 bridgehead atoms. The molecule has 0 aliphatic carbocycles. The molecule has 1 amide bonds. The lowest BCUT2D eigenvalue weighted by Crippen LogP contribution is -2.17. The van der Waals surface area contributed by atoms with Gasteiger partial charge in [-0.05, 0) is 49.7 Å². The number of imidazole rings is 1. The molecule has 0 radical (unpaired) electrons. The van der Waals surface area contributed by atoms with Crippen LogP contribution >= 0.6 is 15.9 Å². The summed E-state index contributed by atoms with van der Waals surface area (Å²) in [5, 5.41) is 4.01. The summed E-state index contributed by atoms with van der Waals surface area (Å²) in [5.41, 5.74) is 5.83. The van der Waals surface area contributed by atoms with Crippen molar-refractivity contribution in [3.05, 3.63) is 63.9 Å². The van der Waals surface area contributed by atoms with E-state index in [4.69, 9.17) is 0 Å². The Balaban J connectivity index is 1.76. The van der Waals surface area contributed by atoms with E-state index >= 15 is 0 Å². The van der Waals surface area contributed by atoms with Gasteiger partial charge in [-0.1, -0.05) is 28.1 Å². The largest absolute Gasteiger partial charge is 0.329 e. The molecule has 0 unspecified atom stereocenters. The number of halogens is 1. The van der Waals surface area contributed by atoms with Crippen LogP contribution in [0.2, 0.25) is 0 Å². The first-order valence-electron chi connectivity index (χ1n) is 7.64. The molecule has 3 rings (SSSR count). The number of hydrogen-bond donors (Lipinski definition) is 1. The Bertz CT molecular complexity index is 930. The third-order valence-electron chi connectivity index (χ3n) is 3.75. The van der Waals surface area contributed by atoms with E-state index in [2.05, 4.69) is 42.9 Å². The molecular weight excluding hydrogens is 368 g/mol. The van der Waals surface area contributed by atoms with Gasteiger partial charge in [-0.15, -0.1) is 0 Å². The molecule has 1 N–H and O–H groups in total. The minimum absolute atomic E-state index is 0.258. The lowest BCUT2D eigenvalue weighted by Gasteiger charge is -2.03. The number of hydrazone groups is 1. The van der Waals surface area contributed by atoms with E-state index in [1.165, 1.54) is 0 Å². The Morgan fingerprint density at radius 1 is 1.33 bits per heavy atom. The van der Waals surface area contributed by atoms with Crippen molar-refractivity contribution >= 4 is 39.1 Å². The molecule has 24 heavy (non-hydrogen) atoms. The number of aryl methyl sites for hydroxylation is 2. The zero-order chi connectivity index (χ0) is 17.1. The van der Waals surface area contributed by atoms with Gasteiger partial charge in [0.25, 0.3) is 5.91 Å². The van der Waals surface area contributed by atoms with E-state index in [1.807, 2.05) is 37.3 Å². The van der Waals surface area contributed by atoms with Crippen LogP contribution in [0.25, 0.3) is 11.0 Å². The summed E-state index contributed by atoms with van der Waals surface area (Å²) in [7, 11) is 0. The maximum Gasteiger partial charge on any atom is 0.271 e. The Labute approximate surface area is 148 Å². The quantitative estimate of drug-likeness (QED) is 0.547. The second-order valence-corrected chi connectivity index (χ2v) is 6.28. The highest BCUT2D eigenvalue weighted by molar-refractivity contribution is 9.10. The summed E-state index contributed by atoms with van der Waals surface area (Å²) in [6, 6.07) is 13.2. The summed E-state index contributed by atoms with van der Waals surface area (Å²) in [5.74, 6) is 0.685. The number of benzene rings is 2. The molecular formula is C18H17BrN4O. The van der Waals surface area contributed by atoms with Gasteiger partial charge in [0.2, 0.25) is 0 Å². The van der Waals surface area contributed by atoms with Crippen LogP contribution in [0, 0.1) is 6.92 Å². The van der Waals surface area contributed by atoms with Gasteiger partial charge in [-0.2, -0.15) is 5.10 Å². The number of carbonyl (C=O) groups is 1. The summed E-state index contributed by atoms with van der Waals surface area (Å²) in [4.78, 5) is 16.7. The second kappa shape index (κ2) is 6.97. The van der Waals surface area contributed by atoms with Crippen LogP contribution in [0.15, 0.2) is 52.0 Å². The van der Waals surface area contributed by atoms with E-state index in [0.29, 0.717) is 5.56 Å². The van der Waals surface area contributed by atoms with Gasteiger partial charge in [0.05, 0.1) is 17.2 Å². The van der Waals surface area contributed by atoms with Crippen LogP contribution in [0.3, 0.4) is 0 Å². The van der Waals surface area contributed by atoms with Gasteiger partial charge in [-0.3, -0.25) is 4.79 Å². The standard InChI is InChI=1S/C18H17BrN4O/c1-3-23-12(2)21-16-10-14(7-8-17(16)23)18(24)22-20-11-13-5-4-6-15(19)9-13/h4-11H,3H2,1-2H3,(H,22,24)/b20-11-. The molecule has 1 aromatic heterocycles. The number of carbonyl (C=O) groups excluding carboxylic acids is 1. The Morgan fingerprint density at radius 3 is 2.92 bits per heavy atom. The molecule has 0 aliphatic rings. The summed E-state index contributed by atoms with van der Waals surface area (Å²) < 4.78 is 3.08. The number of amides is 1. The summed E-state index contributed by atoms with van der Waals surface area (Å²) in [6.07, 6.45) is 1.61. The molecule has 0 saturated heterocycles. The van der Waals surface area contributed by atoms with Crippen LogP contribution in [-0.4, -0.2) is 21.7 Å². The van der Waals surface area contributed by atoms with E-state index in [-0.39, 0.29) is 5.91 Å². The molecule has 122 valence electrons. The normalized spacial score (nSPS) is 11.3. The Kier molecular flexibility index (Phi) is 4.76. The molecule has 0 fully saturated rings. The van der Waals surface area contributed by atoms with E-state index in [0.717, 1.165) is 33.4 Å². The fraction of sp³-hybridized carbons (Fsp3) is 0.167. The molecule has 0 aliphatic heterocycles. The van der Waals surface area contributed by atoms with Crippen LogP contribution in [0.4, 0.5) is 0 Å². The second-order valence-electron chi connectivity index (χ2n) is 5.36. The maximum absolute atomic E-state index is 12.2. The highest BCUT2D eigenvalue weighted by Gasteiger charge is 2.10. The molecule has 5 nitrogen and oxygen atoms in total. The first-order valence-corrected chi connectivity index (χ1v) is 8.43. The van der Waals surface area contributed by atoms with Crippen LogP contribution in [0.5, 0.6) is 0 Å². The molecule has 2 aromatic carbocycles. The maximum atomic E-state index is 12.2. The number of rotatable bonds is 4. The third-order valence-corrected chi connectivity index (χ3v) is 4.24. The molecule has 0 atom stereocenters. The zero-order valence-corrected chi connectivity index (χ0v) is 15.0. The molecule has 1 heterocycles. The van der Waals surface area contributed by atoms with Crippen LogP contribution in [0.1, 0.15) is 28.7 Å². The smallest absolute Gasteiger partial charge is 0.271 e. The molecule has 3 aromatic rings. The highest BCUT2D eigenvalue weighted by Crippen LogP contribution is 2.17. The predicted octanol–water partition coefficient (Wildman–Crippen LogP) is 3.89. The first-order chi connectivity index (χ1) is 11.6. The number of nitrogens with zero attached hydrogens (tertiary/aromatic N) is 3. The average molecular weight is 385 g/mol. The van der Waals surface area contributed by atoms with Crippen LogP contribution < -0.4 is 5.43 Å². The minimum atomic E-state index is -0.258. The third kappa shape index (κ3) is 3.38. The van der Waals surface area contributed by atoms with Crippen molar-refractivity contribution < 1.29 is 4.79 Å². The van der Waals surface area contributed by atoms with Crippen molar-refractivity contribution in [1.29, 1.82) is 0 Å². The van der Waals surface area contributed by atoms with Crippen LogP contribution in [-0.2, 0) is 6.54 Å². The van der Waals surface area contributed by atoms with E-state index < -0.39 is 0 Å². The molecule has 6 heteroatoms. The van der Waals surface area contributed by atoms with Gasteiger partial charge < -0.3 is 4.57 Å². The average Bonchev–Trinajstić information content (AvgIpc) is 2.88. The minimum Gasteiger partial charge on any atom is -0.329 e. The van der Waals surface area contributed by atoms with Crippen molar-refractivity contribution in [3.8, 4) is 0 Å². The van der Waals surface area contributed by atoms with Crippen molar-refractivity contribution in [2.24, 2.45) is 5.10 Å². The number of hydrogen-bond acceptors (Lipinski definition) is 3. The van der Waals surface area contributed by atoms with Crippen molar-refractivity contribution in [2.45, 2.75) is 20.4 Å².